The first-order valence-electron chi connectivity index (χ1n) is 17.9. The monoisotopic (exact) mass is 853 g/mol. The normalized spacial score (nSPS) is 11.5. The Morgan fingerprint density at radius 2 is 1.41 bits per heavy atom. The van der Waals surface area contributed by atoms with E-state index in [0.29, 0.717) is 23.3 Å². The van der Waals surface area contributed by atoms with Gasteiger partial charge >= 0.3 is 21.1 Å². The van der Waals surface area contributed by atoms with E-state index in [1.807, 2.05) is 30.5 Å². The van der Waals surface area contributed by atoms with Crippen LogP contribution >= 0.6 is 0 Å². The van der Waals surface area contributed by atoms with E-state index in [2.05, 4.69) is 131 Å². The molecule has 0 aliphatic carbocycles. The van der Waals surface area contributed by atoms with Gasteiger partial charge in [0, 0.05) is 34.5 Å². The molecule has 0 bridgehead atoms. The molecule has 51 heavy (non-hydrogen) atoms. The van der Waals surface area contributed by atoms with E-state index >= 15 is 0 Å². The standard InChI is InChI=1S/C45H46N4O.Pt/c1-29(2)18-22-39-45(44-32(6)12-10-13-33(44)7)41(23-19-30(3)4)49(47-39)34-14-11-15-35(27-34)50-36-20-21-38-37-16-8-9-17-40(37)48(42(38)28-36)43-26-31(5)24-25-46-43;/h8-17,20-21,24-26,29-30H,18-19,22-23H2,1-7H3;/q-2;+2. The Morgan fingerprint density at radius 1 is 0.706 bits per heavy atom. The first-order chi connectivity index (χ1) is 24.2. The quantitative estimate of drug-likeness (QED) is 0.122. The molecule has 3 aromatic heterocycles. The van der Waals surface area contributed by atoms with E-state index in [1.165, 1.54) is 27.9 Å². The van der Waals surface area contributed by atoms with Crippen LogP contribution in [0.15, 0.2) is 91.1 Å². The molecular formula is C45H46N4OPt. The zero-order chi connectivity index (χ0) is 34.9. The summed E-state index contributed by atoms with van der Waals surface area (Å²) in [5.74, 6) is 3.26. The largest absolute Gasteiger partial charge is 2.00 e. The average Bonchev–Trinajstić information content (AvgIpc) is 3.61. The summed E-state index contributed by atoms with van der Waals surface area (Å²) in [6, 6.07) is 36.5. The van der Waals surface area contributed by atoms with Crippen molar-refractivity contribution in [2.24, 2.45) is 11.8 Å². The summed E-state index contributed by atoms with van der Waals surface area (Å²) in [7, 11) is 0. The first-order valence-corrected chi connectivity index (χ1v) is 17.9. The number of aryl methyl sites for hydroxylation is 4. The molecule has 3 heterocycles. The number of rotatable bonds is 11. The molecule has 0 saturated carbocycles. The van der Waals surface area contributed by atoms with Crippen LogP contribution in [0.5, 0.6) is 11.5 Å². The third-order valence-electron chi connectivity index (χ3n) is 9.59. The molecule has 0 saturated heterocycles. The van der Waals surface area contributed by atoms with E-state index in [1.54, 1.807) is 0 Å². The Bertz CT molecular complexity index is 2290. The summed E-state index contributed by atoms with van der Waals surface area (Å²) < 4.78 is 10.9. The van der Waals surface area contributed by atoms with Gasteiger partial charge in [0.25, 0.3) is 0 Å². The molecule has 0 aliphatic rings. The Balaban J connectivity index is 0.00000448. The Labute approximate surface area is 317 Å². The van der Waals surface area contributed by atoms with E-state index in [0.717, 1.165) is 70.3 Å². The van der Waals surface area contributed by atoms with Gasteiger partial charge in [-0.25, -0.2) is 4.98 Å². The van der Waals surface area contributed by atoms with E-state index in [9.17, 15) is 0 Å². The Kier molecular flexibility index (Phi) is 11.0. The van der Waals surface area contributed by atoms with Crippen molar-refractivity contribution in [3.63, 3.8) is 0 Å². The van der Waals surface area contributed by atoms with Gasteiger partial charge in [-0.15, -0.1) is 35.7 Å². The smallest absolute Gasteiger partial charge is 0.509 e. The fraction of sp³-hybridized carbons (Fsp3) is 0.289. The predicted octanol–water partition coefficient (Wildman–Crippen LogP) is 11.5. The van der Waals surface area contributed by atoms with Crippen LogP contribution in [0, 0.1) is 44.7 Å². The van der Waals surface area contributed by atoms with Crippen LogP contribution in [0.3, 0.4) is 0 Å². The van der Waals surface area contributed by atoms with Gasteiger partial charge in [-0.2, -0.15) is 17.2 Å². The van der Waals surface area contributed by atoms with Crippen molar-refractivity contribution in [2.75, 3.05) is 0 Å². The van der Waals surface area contributed by atoms with Gasteiger partial charge in [0.05, 0.1) is 5.69 Å². The summed E-state index contributed by atoms with van der Waals surface area (Å²) in [4.78, 5) is 4.73. The maximum atomic E-state index is 6.55. The van der Waals surface area contributed by atoms with Gasteiger partial charge in [-0.05, 0) is 110 Å². The maximum Gasteiger partial charge on any atom is 2.00 e. The van der Waals surface area contributed by atoms with Crippen LogP contribution < -0.4 is 4.74 Å². The summed E-state index contributed by atoms with van der Waals surface area (Å²) in [5.41, 5.74) is 11.6. The second-order valence-electron chi connectivity index (χ2n) is 14.4. The van der Waals surface area contributed by atoms with E-state index in [4.69, 9.17) is 14.8 Å². The molecule has 0 amide bonds. The van der Waals surface area contributed by atoms with Crippen molar-refractivity contribution in [3.8, 4) is 34.1 Å². The number of hydrogen-bond donors (Lipinski definition) is 0. The molecule has 0 spiro atoms. The summed E-state index contributed by atoms with van der Waals surface area (Å²) in [6.07, 6.45) is 5.87. The zero-order valence-electron chi connectivity index (χ0n) is 30.7. The molecule has 0 unspecified atom stereocenters. The van der Waals surface area contributed by atoms with Gasteiger partial charge < -0.3 is 9.30 Å². The van der Waals surface area contributed by atoms with Crippen LogP contribution in [0.2, 0.25) is 0 Å². The molecule has 0 atom stereocenters. The minimum absolute atomic E-state index is 0. The van der Waals surface area contributed by atoms with Crippen molar-refractivity contribution in [2.45, 2.75) is 74.1 Å². The number of para-hydroxylation sites is 1. The number of pyridine rings is 1. The number of fused-ring (bicyclic) bond motifs is 3. The Morgan fingerprint density at radius 3 is 2.16 bits per heavy atom. The molecule has 7 rings (SSSR count). The van der Waals surface area contributed by atoms with Gasteiger partial charge in [-0.3, -0.25) is 4.68 Å². The van der Waals surface area contributed by atoms with Gasteiger partial charge in [0.1, 0.15) is 5.82 Å². The second kappa shape index (κ2) is 15.4. The van der Waals surface area contributed by atoms with Crippen LogP contribution in [0.4, 0.5) is 0 Å². The second-order valence-corrected chi connectivity index (χ2v) is 14.4. The Hall–Kier alpha value is -4.47. The number of hydrogen-bond acceptors (Lipinski definition) is 3. The van der Waals surface area contributed by atoms with Crippen molar-refractivity contribution in [3.05, 3.63) is 131 Å². The zero-order valence-corrected chi connectivity index (χ0v) is 32.9. The molecule has 6 heteroatoms. The number of nitrogens with zero attached hydrogens (tertiary/aromatic N) is 4. The molecule has 0 radical (unpaired) electrons. The molecule has 0 aliphatic heterocycles. The average molecular weight is 854 g/mol. The molecule has 0 fully saturated rings. The summed E-state index contributed by atoms with van der Waals surface area (Å²) >= 11 is 0. The molecule has 4 aromatic carbocycles. The van der Waals surface area contributed by atoms with E-state index < -0.39 is 0 Å². The topological polar surface area (TPSA) is 44.9 Å². The van der Waals surface area contributed by atoms with Crippen molar-refractivity contribution in [1.82, 2.24) is 19.3 Å². The van der Waals surface area contributed by atoms with Gasteiger partial charge in [-0.1, -0.05) is 69.6 Å². The number of benzene rings is 4. The van der Waals surface area contributed by atoms with Crippen molar-refractivity contribution >= 4 is 21.8 Å². The van der Waals surface area contributed by atoms with Crippen LogP contribution in [0.1, 0.15) is 68.6 Å². The van der Waals surface area contributed by atoms with Crippen LogP contribution in [-0.4, -0.2) is 19.3 Å². The van der Waals surface area contributed by atoms with E-state index in [-0.39, 0.29) is 21.1 Å². The predicted molar refractivity (Wildman–Crippen MR) is 206 cm³/mol. The molecule has 0 N–H and O–H groups in total. The van der Waals surface area contributed by atoms with Gasteiger partial charge in [0.15, 0.2) is 0 Å². The minimum Gasteiger partial charge on any atom is -0.509 e. The summed E-state index contributed by atoms with van der Waals surface area (Å²) in [5, 5.41) is 7.63. The van der Waals surface area contributed by atoms with Crippen LogP contribution in [-0.2, 0) is 33.9 Å². The fourth-order valence-electron chi connectivity index (χ4n) is 7.01. The SMILES string of the molecule is Cc1ccnc(-n2c3[c-]c(Oc4[c-]c(-n5nc(CCC(C)C)c(-c6c(C)cccc6C)c5CCC(C)C)ccc4)ccc3c3ccccc32)c1.[Pt+2]. The van der Waals surface area contributed by atoms with Gasteiger partial charge in [0.2, 0.25) is 0 Å². The van der Waals surface area contributed by atoms with Crippen molar-refractivity contribution < 1.29 is 25.8 Å². The van der Waals surface area contributed by atoms with Crippen molar-refractivity contribution in [1.29, 1.82) is 0 Å². The number of aromatic nitrogens is 4. The minimum atomic E-state index is 0. The number of ether oxygens (including phenoxy) is 1. The third kappa shape index (κ3) is 7.46. The summed E-state index contributed by atoms with van der Waals surface area (Å²) in [6.45, 7) is 15.7. The molecular weight excluding hydrogens is 808 g/mol. The molecule has 5 nitrogen and oxygen atoms in total. The maximum absolute atomic E-state index is 6.55. The molecule has 262 valence electrons. The third-order valence-corrected chi connectivity index (χ3v) is 9.59. The molecule has 7 aromatic rings. The van der Waals surface area contributed by atoms with Crippen LogP contribution in [0.25, 0.3) is 44.4 Å². The fourth-order valence-corrected chi connectivity index (χ4v) is 7.01. The first kappa shape index (κ1) is 36.3.